The molecule has 0 aliphatic heterocycles. The highest BCUT2D eigenvalue weighted by atomic mass is 16.4. The lowest BCUT2D eigenvalue weighted by Gasteiger charge is -2.17. The van der Waals surface area contributed by atoms with Crippen molar-refractivity contribution in [2.24, 2.45) is 5.73 Å². The summed E-state index contributed by atoms with van der Waals surface area (Å²) >= 11 is 0. The minimum absolute atomic E-state index is 0.162. The van der Waals surface area contributed by atoms with Gasteiger partial charge in [0.15, 0.2) is 0 Å². The zero-order valence-corrected chi connectivity index (χ0v) is 19.2. The predicted molar refractivity (Wildman–Crippen MR) is 134 cm³/mol. The van der Waals surface area contributed by atoms with Crippen LogP contribution in [0.25, 0.3) is 10.8 Å². The van der Waals surface area contributed by atoms with Gasteiger partial charge in [0.1, 0.15) is 0 Å². The van der Waals surface area contributed by atoms with Crippen molar-refractivity contribution in [3.63, 3.8) is 0 Å². The number of aromatic nitrogens is 1. The Hall–Kier alpha value is -4.03. The van der Waals surface area contributed by atoms with Gasteiger partial charge in [0, 0.05) is 30.0 Å². The average Bonchev–Trinajstić information content (AvgIpc) is 2.83. The Balaban J connectivity index is 1.51. The minimum atomic E-state index is -0.922. The number of hydrogen-bond donors (Lipinski definition) is 3. The number of pyridine rings is 1. The van der Waals surface area contributed by atoms with Crippen LogP contribution in [-0.4, -0.2) is 28.5 Å². The molecule has 1 heterocycles. The van der Waals surface area contributed by atoms with Crippen LogP contribution in [0.4, 0.5) is 5.69 Å². The third-order valence-electron chi connectivity index (χ3n) is 6.29. The van der Waals surface area contributed by atoms with Gasteiger partial charge < -0.3 is 16.2 Å². The number of nitrogens with two attached hydrogens (primary N) is 1. The Morgan fingerprint density at radius 2 is 1.76 bits per heavy atom. The minimum Gasteiger partial charge on any atom is -0.478 e. The van der Waals surface area contributed by atoms with Crippen LogP contribution in [0.15, 0.2) is 73.1 Å². The number of carboxylic acid groups (broad SMARTS) is 1. The summed E-state index contributed by atoms with van der Waals surface area (Å²) in [7, 11) is 0. The summed E-state index contributed by atoms with van der Waals surface area (Å²) in [4.78, 5) is 28.6. The smallest absolute Gasteiger partial charge is 0.335 e. The summed E-state index contributed by atoms with van der Waals surface area (Å²) in [5.41, 5.74) is 11.7. The SMILES string of the molecule is Cc1ccc(C(=O)O)c(C)c1Cc1ccc([C@@H](CN)C(=O)Nc2ccc3cnccc3c2)cc1. The fourth-order valence-electron chi connectivity index (χ4n) is 4.25. The second-order valence-corrected chi connectivity index (χ2v) is 8.47. The standard InChI is InChI=1S/C28H27N3O3/c1-17-3-10-24(28(33)34)18(2)25(17)13-19-4-6-20(7-5-19)26(15-29)27(32)31-23-9-8-22-16-30-12-11-21(22)14-23/h3-12,14,16,26H,13,15,29H2,1-2H3,(H,31,32)(H,33,34)/t26-/m1/s1. The topological polar surface area (TPSA) is 105 Å². The Bertz CT molecular complexity index is 1360. The molecule has 0 saturated carbocycles. The van der Waals surface area contributed by atoms with Crippen molar-refractivity contribution in [3.05, 3.63) is 106 Å². The Morgan fingerprint density at radius 1 is 1.00 bits per heavy atom. The normalized spacial score (nSPS) is 11.9. The number of aryl methyl sites for hydroxylation is 1. The van der Waals surface area contributed by atoms with Gasteiger partial charge in [-0.1, -0.05) is 36.4 Å². The van der Waals surface area contributed by atoms with Gasteiger partial charge in [-0.05, 0) is 77.7 Å². The van der Waals surface area contributed by atoms with E-state index in [1.807, 2.05) is 68.4 Å². The number of amides is 1. The molecule has 172 valence electrons. The molecule has 3 aromatic carbocycles. The Labute approximate surface area is 198 Å². The van der Waals surface area contributed by atoms with E-state index in [-0.39, 0.29) is 12.5 Å². The van der Waals surface area contributed by atoms with Crippen LogP contribution in [0.5, 0.6) is 0 Å². The summed E-state index contributed by atoms with van der Waals surface area (Å²) in [6.45, 7) is 4.01. The first-order valence-electron chi connectivity index (χ1n) is 11.1. The molecule has 34 heavy (non-hydrogen) atoms. The molecule has 0 radical (unpaired) electrons. The van der Waals surface area contributed by atoms with E-state index in [2.05, 4.69) is 10.3 Å². The van der Waals surface area contributed by atoms with Crippen LogP contribution < -0.4 is 11.1 Å². The molecule has 1 amide bonds. The van der Waals surface area contributed by atoms with E-state index in [0.29, 0.717) is 17.7 Å². The molecule has 0 unspecified atom stereocenters. The van der Waals surface area contributed by atoms with Gasteiger partial charge >= 0.3 is 5.97 Å². The molecule has 0 fully saturated rings. The van der Waals surface area contributed by atoms with Crippen LogP contribution in [0, 0.1) is 13.8 Å². The zero-order valence-electron chi connectivity index (χ0n) is 19.2. The summed E-state index contributed by atoms with van der Waals surface area (Å²) in [6.07, 6.45) is 4.12. The van der Waals surface area contributed by atoms with Crippen LogP contribution in [0.1, 0.15) is 44.1 Å². The molecule has 4 rings (SSSR count). The van der Waals surface area contributed by atoms with Gasteiger partial charge in [-0.3, -0.25) is 9.78 Å². The number of carbonyl (C=O) groups is 2. The van der Waals surface area contributed by atoms with E-state index in [4.69, 9.17) is 5.73 Å². The van der Waals surface area contributed by atoms with Crippen LogP contribution in [0.2, 0.25) is 0 Å². The molecule has 6 heteroatoms. The molecule has 0 saturated heterocycles. The maximum atomic E-state index is 13.0. The maximum absolute atomic E-state index is 13.0. The van der Waals surface area contributed by atoms with E-state index in [1.54, 1.807) is 18.5 Å². The van der Waals surface area contributed by atoms with E-state index in [0.717, 1.165) is 38.6 Å². The molecular formula is C28H27N3O3. The largest absolute Gasteiger partial charge is 0.478 e. The van der Waals surface area contributed by atoms with Crippen LogP contribution >= 0.6 is 0 Å². The second kappa shape index (κ2) is 9.85. The molecule has 4 N–H and O–H groups in total. The van der Waals surface area contributed by atoms with Crippen molar-refractivity contribution < 1.29 is 14.7 Å². The number of rotatable bonds is 7. The van der Waals surface area contributed by atoms with Gasteiger partial charge in [-0.15, -0.1) is 0 Å². The van der Waals surface area contributed by atoms with Crippen molar-refractivity contribution in [2.45, 2.75) is 26.2 Å². The first-order chi connectivity index (χ1) is 16.4. The van der Waals surface area contributed by atoms with Gasteiger partial charge in [0.25, 0.3) is 0 Å². The quantitative estimate of drug-likeness (QED) is 0.372. The molecule has 0 aliphatic rings. The van der Waals surface area contributed by atoms with E-state index in [1.165, 1.54) is 0 Å². The van der Waals surface area contributed by atoms with Gasteiger partial charge in [0.05, 0.1) is 11.5 Å². The van der Waals surface area contributed by atoms with Crippen molar-refractivity contribution in [2.75, 3.05) is 11.9 Å². The summed E-state index contributed by atoms with van der Waals surface area (Å²) in [5.74, 6) is -1.57. The van der Waals surface area contributed by atoms with Crippen LogP contribution in [0.3, 0.4) is 0 Å². The highest BCUT2D eigenvalue weighted by Gasteiger charge is 2.20. The number of fused-ring (bicyclic) bond motifs is 1. The number of hydrogen-bond acceptors (Lipinski definition) is 4. The van der Waals surface area contributed by atoms with Gasteiger partial charge in [-0.2, -0.15) is 0 Å². The van der Waals surface area contributed by atoms with Crippen molar-refractivity contribution >= 4 is 28.3 Å². The van der Waals surface area contributed by atoms with E-state index >= 15 is 0 Å². The van der Waals surface area contributed by atoms with Crippen molar-refractivity contribution in [1.29, 1.82) is 0 Å². The highest BCUT2D eigenvalue weighted by Crippen LogP contribution is 2.25. The highest BCUT2D eigenvalue weighted by molar-refractivity contribution is 5.98. The van der Waals surface area contributed by atoms with Crippen LogP contribution in [-0.2, 0) is 11.2 Å². The lowest BCUT2D eigenvalue weighted by Crippen LogP contribution is -2.27. The molecule has 0 aliphatic carbocycles. The number of benzene rings is 3. The van der Waals surface area contributed by atoms with E-state index < -0.39 is 11.9 Å². The average molecular weight is 454 g/mol. The summed E-state index contributed by atoms with van der Waals surface area (Å²) < 4.78 is 0. The first-order valence-corrected chi connectivity index (χ1v) is 11.1. The molecule has 1 atom stereocenters. The number of anilines is 1. The zero-order chi connectivity index (χ0) is 24.2. The fraction of sp³-hybridized carbons (Fsp3) is 0.179. The lowest BCUT2D eigenvalue weighted by atomic mass is 9.91. The van der Waals surface area contributed by atoms with Gasteiger partial charge in [-0.25, -0.2) is 4.79 Å². The monoisotopic (exact) mass is 453 g/mol. The van der Waals surface area contributed by atoms with Crippen molar-refractivity contribution in [1.82, 2.24) is 4.98 Å². The molecule has 0 spiro atoms. The molecule has 1 aromatic heterocycles. The van der Waals surface area contributed by atoms with Gasteiger partial charge in [0.2, 0.25) is 5.91 Å². The number of aromatic carboxylic acids is 1. The van der Waals surface area contributed by atoms with Crippen molar-refractivity contribution in [3.8, 4) is 0 Å². The fourth-order valence-corrected chi connectivity index (χ4v) is 4.25. The third-order valence-corrected chi connectivity index (χ3v) is 6.29. The Morgan fingerprint density at radius 3 is 2.47 bits per heavy atom. The van der Waals surface area contributed by atoms with E-state index in [9.17, 15) is 14.7 Å². The summed E-state index contributed by atoms with van der Waals surface area (Å²) in [6, 6.07) is 18.9. The molecule has 6 nitrogen and oxygen atoms in total. The molecular weight excluding hydrogens is 426 g/mol. The molecule has 4 aromatic rings. The number of nitrogens with zero attached hydrogens (tertiary/aromatic N) is 1. The molecule has 0 bridgehead atoms. The number of carbonyl (C=O) groups excluding carboxylic acids is 1. The lowest BCUT2D eigenvalue weighted by molar-refractivity contribution is -0.117. The number of nitrogens with one attached hydrogen (secondary N) is 1. The first kappa shape index (κ1) is 23.1. The summed E-state index contributed by atoms with van der Waals surface area (Å²) in [5, 5.41) is 14.4. The third kappa shape index (κ3) is 4.82. The predicted octanol–water partition coefficient (Wildman–Crippen LogP) is 4.82. The Kier molecular flexibility index (Phi) is 6.70. The second-order valence-electron chi connectivity index (χ2n) is 8.47. The number of carboxylic acids is 1. The maximum Gasteiger partial charge on any atom is 0.335 e.